The maximum atomic E-state index is 14.3. The zero-order valence-electron chi connectivity index (χ0n) is 23.8. The standard InChI is InChI=1S/C32H28Cl2F3N3O4S/c1-38-31(42)29(18-22-8-4-2-5-9-22)39(20-23-12-15-25(33)16-13-23)30(41)21-40(45(43,44)26-10-6-3-7-11-26)28-19-24(32(35,36)37)14-17-27(28)34/h2-17,19,29H,18,20-21H2,1H3,(H,38,42)/t29-/m1/s1. The van der Waals surface area contributed by atoms with Gasteiger partial charge in [-0.25, -0.2) is 8.42 Å². The molecule has 0 saturated heterocycles. The average Bonchev–Trinajstić information content (AvgIpc) is 3.02. The summed E-state index contributed by atoms with van der Waals surface area (Å²) in [6, 6.07) is 23.4. The molecule has 0 radical (unpaired) electrons. The van der Waals surface area contributed by atoms with Gasteiger partial charge in [0.2, 0.25) is 11.8 Å². The van der Waals surface area contributed by atoms with Crippen LogP contribution in [0.15, 0.2) is 108 Å². The normalized spacial score (nSPS) is 12.3. The number of hydrogen-bond donors (Lipinski definition) is 1. The molecule has 45 heavy (non-hydrogen) atoms. The van der Waals surface area contributed by atoms with Gasteiger partial charge in [0, 0.05) is 25.0 Å². The number of nitrogens with zero attached hydrogens (tertiary/aromatic N) is 2. The Bertz CT molecular complexity index is 1740. The van der Waals surface area contributed by atoms with Crippen LogP contribution in [0.2, 0.25) is 10.0 Å². The van der Waals surface area contributed by atoms with E-state index in [-0.39, 0.29) is 22.9 Å². The Balaban J connectivity index is 1.85. The molecule has 13 heteroatoms. The summed E-state index contributed by atoms with van der Waals surface area (Å²) in [6.07, 6.45) is -4.76. The lowest BCUT2D eigenvalue weighted by molar-refractivity contribution is -0.139. The largest absolute Gasteiger partial charge is 0.416 e. The van der Waals surface area contributed by atoms with Crippen LogP contribution < -0.4 is 9.62 Å². The van der Waals surface area contributed by atoms with Gasteiger partial charge < -0.3 is 10.2 Å². The van der Waals surface area contributed by atoms with Crippen molar-refractivity contribution < 1.29 is 31.2 Å². The molecule has 0 bridgehead atoms. The van der Waals surface area contributed by atoms with E-state index in [1.54, 1.807) is 60.7 Å². The summed E-state index contributed by atoms with van der Waals surface area (Å²) in [7, 11) is -3.24. The van der Waals surface area contributed by atoms with Crippen molar-refractivity contribution in [2.24, 2.45) is 0 Å². The first kappa shape index (κ1) is 33.8. The first-order valence-electron chi connectivity index (χ1n) is 13.5. The minimum absolute atomic E-state index is 0.0651. The molecule has 4 aromatic carbocycles. The fraction of sp³-hybridized carbons (Fsp3) is 0.188. The molecule has 1 atom stereocenters. The fourth-order valence-electron chi connectivity index (χ4n) is 4.62. The molecule has 4 aromatic rings. The molecular weight excluding hydrogens is 650 g/mol. The van der Waals surface area contributed by atoms with Gasteiger partial charge in [0.1, 0.15) is 12.6 Å². The number of halogens is 5. The fourth-order valence-corrected chi connectivity index (χ4v) is 6.46. The quantitative estimate of drug-likeness (QED) is 0.194. The van der Waals surface area contributed by atoms with E-state index in [0.717, 1.165) is 17.7 Å². The van der Waals surface area contributed by atoms with Crippen LogP contribution in [0.5, 0.6) is 0 Å². The van der Waals surface area contributed by atoms with E-state index in [4.69, 9.17) is 23.2 Å². The van der Waals surface area contributed by atoms with Crippen LogP contribution in [0, 0.1) is 0 Å². The summed E-state index contributed by atoms with van der Waals surface area (Å²) >= 11 is 12.4. The van der Waals surface area contributed by atoms with Crippen LogP contribution in [-0.2, 0) is 38.8 Å². The number of benzene rings is 4. The minimum Gasteiger partial charge on any atom is -0.357 e. The second-order valence-electron chi connectivity index (χ2n) is 9.96. The van der Waals surface area contributed by atoms with Crippen molar-refractivity contribution in [1.29, 1.82) is 0 Å². The summed E-state index contributed by atoms with van der Waals surface area (Å²) in [6.45, 7) is -1.11. The van der Waals surface area contributed by atoms with Crippen molar-refractivity contribution >= 4 is 50.7 Å². The molecule has 4 rings (SSSR count). The lowest BCUT2D eigenvalue weighted by atomic mass is 10.0. The second kappa shape index (κ2) is 14.4. The summed E-state index contributed by atoms with van der Waals surface area (Å²) < 4.78 is 69.7. The van der Waals surface area contributed by atoms with Crippen molar-refractivity contribution in [2.45, 2.75) is 30.1 Å². The van der Waals surface area contributed by atoms with Gasteiger partial charge in [-0.05, 0) is 53.6 Å². The maximum Gasteiger partial charge on any atom is 0.416 e. The molecule has 0 saturated carbocycles. The van der Waals surface area contributed by atoms with Gasteiger partial charge in [-0.3, -0.25) is 13.9 Å². The molecule has 0 heterocycles. The third-order valence-corrected chi connectivity index (χ3v) is 9.28. The van der Waals surface area contributed by atoms with Gasteiger partial charge in [0.05, 0.1) is 21.2 Å². The molecule has 1 N–H and O–H groups in total. The molecule has 0 aromatic heterocycles. The lowest BCUT2D eigenvalue weighted by Gasteiger charge is -2.34. The first-order chi connectivity index (χ1) is 21.3. The molecule has 0 aliphatic rings. The predicted octanol–water partition coefficient (Wildman–Crippen LogP) is 6.59. The van der Waals surface area contributed by atoms with Crippen molar-refractivity contribution in [3.05, 3.63) is 130 Å². The maximum absolute atomic E-state index is 14.3. The number of rotatable bonds is 11. The number of amides is 2. The van der Waals surface area contributed by atoms with Gasteiger partial charge in [0.15, 0.2) is 0 Å². The highest BCUT2D eigenvalue weighted by atomic mass is 35.5. The molecule has 0 fully saturated rings. The van der Waals surface area contributed by atoms with Crippen molar-refractivity contribution in [3.63, 3.8) is 0 Å². The number of likely N-dealkylation sites (N-methyl/N-ethyl adjacent to an activating group) is 1. The van der Waals surface area contributed by atoms with E-state index in [9.17, 15) is 31.2 Å². The van der Waals surface area contributed by atoms with E-state index >= 15 is 0 Å². The molecule has 0 unspecified atom stereocenters. The van der Waals surface area contributed by atoms with E-state index in [2.05, 4.69) is 5.32 Å². The van der Waals surface area contributed by atoms with Gasteiger partial charge >= 0.3 is 6.18 Å². The van der Waals surface area contributed by atoms with Crippen LogP contribution in [0.3, 0.4) is 0 Å². The number of alkyl halides is 3. The predicted molar refractivity (Wildman–Crippen MR) is 167 cm³/mol. The van der Waals surface area contributed by atoms with Gasteiger partial charge in [-0.1, -0.05) is 83.9 Å². The van der Waals surface area contributed by atoms with E-state index in [1.807, 2.05) is 0 Å². The summed E-state index contributed by atoms with van der Waals surface area (Å²) in [5.41, 5.74) is -0.415. The van der Waals surface area contributed by atoms with Crippen LogP contribution in [0.1, 0.15) is 16.7 Å². The van der Waals surface area contributed by atoms with Crippen LogP contribution in [0.25, 0.3) is 0 Å². The van der Waals surface area contributed by atoms with Crippen LogP contribution in [-0.4, -0.2) is 44.8 Å². The molecule has 0 aliphatic carbocycles. The Labute approximate surface area is 269 Å². The Hall–Kier alpha value is -4.06. The number of sulfonamides is 1. The van der Waals surface area contributed by atoms with Crippen molar-refractivity contribution in [2.75, 3.05) is 17.9 Å². The summed E-state index contributed by atoms with van der Waals surface area (Å²) in [5, 5.41) is 2.66. The number of carbonyl (C=O) groups is 2. The zero-order chi connectivity index (χ0) is 32.8. The smallest absolute Gasteiger partial charge is 0.357 e. The summed E-state index contributed by atoms with van der Waals surface area (Å²) in [4.78, 5) is 28.5. The van der Waals surface area contributed by atoms with Crippen LogP contribution in [0.4, 0.5) is 18.9 Å². The van der Waals surface area contributed by atoms with Gasteiger partial charge in [-0.15, -0.1) is 0 Å². The number of anilines is 1. The Morgan fingerprint density at radius 2 is 1.44 bits per heavy atom. The third kappa shape index (κ3) is 8.36. The van der Waals surface area contributed by atoms with Gasteiger partial charge in [0.25, 0.3) is 10.0 Å². The SMILES string of the molecule is CNC(=O)[C@@H](Cc1ccccc1)N(Cc1ccc(Cl)cc1)C(=O)CN(c1cc(C(F)(F)F)ccc1Cl)S(=O)(=O)c1ccccc1. The van der Waals surface area contributed by atoms with E-state index in [0.29, 0.717) is 21.0 Å². The Kier molecular flexibility index (Phi) is 10.8. The zero-order valence-corrected chi connectivity index (χ0v) is 26.2. The van der Waals surface area contributed by atoms with Crippen molar-refractivity contribution in [3.8, 4) is 0 Å². The molecule has 0 aliphatic heterocycles. The highest BCUT2D eigenvalue weighted by Gasteiger charge is 2.37. The van der Waals surface area contributed by atoms with E-state index < -0.39 is 51.9 Å². The average molecular weight is 679 g/mol. The topological polar surface area (TPSA) is 86.8 Å². The Morgan fingerprint density at radius 1 is 0.844 bits per heavy atom. The Morgan fingerprint density at radius 3 is 2.02 bits per heavy atom. The molecule has 7 nitrogen and oxygen atoms in total. The number of nitrogens with one attached hydrogen (secondary N) is 1. The highest BCUT2D eigenvalue weighted by Crippen LogP contribution is 2.37. The molecule has 0 spiro atoms. The van der Waals surface area contributed by atoms with Crippen molar-refractivity contribution in [1.82, 2.24) is 10.2 Å². The molecule has 2 amide bonds. The van der Waals surface area contributed by atoms with Crippen LogP contribution >= 0.6 is 23.2 Å². The molecular formula is C32H28Cl2F3N3O4S. The highest BCUT2D eigenvalue weighted by molar-refractivity contribution is 7.92. The first-order valence-corrected chi connectivity index (χ1v) is 15.7. The third-order valence-electron chi connectivity index (χ3n) is 6.94. The number of carbonyl (C=O) groups excluding carboxylic acids is 2. The number of hydrogen-bond acceptors (Lipinski definition) is 4. The lowest BCUT2D eigenvalue weighted by Crippen LogP contribution is -2.53. The van der Waals surface area contributed by atoms with Gasteiger partial charge in [-0.2, -0.15) is 13.2 Å². The minimum atomic E-state index is -4.83. The monoisotopic (exact) mass is 677 g/mol. The molecule has 236 valence electrons. The summed E-state index contributed by atoms with van der Waals surface area (Å²) in [5.74, 6) is -1.39. The second-order valence-corrected chi connectivity index (χ2v) is 12.7. The van der Waals surface area contributed by atoms with E-state index in [1.165, 1.54) is 36.2 Å².